The number of aromatic nitrogens is 1. The molecule has 2 heterocycles. The molecule has 1 aliphatic rings. The minimum absolute atomic E-state index is 0.190. The van der Waals surface area contributed by atoms with Crippen LogP contribution in [0, 0.1) is 0 Å². The van der Waals surface area contributed by atoms with E-state index in [1.54, 1.807) is 24.8 Å². The van der Waals surface area contributed by atoms with Gasteiger partial charge in [0, 0.05) is 44.1 Å². The van der Waals surface area contributed by atoms with E-state index in [2.05, 4.69) is 4.90 Å². The van der Waals surface area contributed by atoms with E-state index < -0.39 is 18.4 Å². The van der Waals surface area contributed by atoms with Crippen molar-refractivity contribution >= 4 is 34.8 Å². The Labute approximate surface area is 189 Å². The molecule has 0 atom stereocenters. The van der Waals surface area contributed by atoms with Crippen molar-refractivity contribution < 1.29 is 22.7 Å². The summed E-state index contributed by atoms with van der Waals surface area (Å²) in [5, 5.41) is 0.170. The van der Waals surface area contributed by atoms with E-state index in [4.69, 9.17) is 27.9 Å². The Hall–Kier alpha value is -2.06. The molecule has 0 N–H and O–H groups in total. The fourth-order valence-electron chi connectivity index (χ4n) is 3.67. The molecule has 1 aromatic heterocycles. The van der Waals surface area contributed by atoms with Crippen LogP contribution in [0.4, 0.5) is 18.9 Å². The van der Waals surface area contributed by atoms with E-state index in [1.807, 2.05) is 12.1 Å². The second-order valence-electron chi connectivity index (χ2n) is 7.71. The monoisotopic (exact) mass is 477 g/mol. The number of benzene rings is 1. The van der Waals surface area contributed by atoms with Crippen LogP contribution in [0.3, 0.4) is 0 Å². The molecule has 0 saturated carbocycles. The van der Waals surface area contributed by atoms with Gasteiger partial charge < -0.3 is 19.1 Å². The molecule has 31 heavy (non-hydrogen) atoms. The number of piperazine rings is 1. The number of carbonyl (C=O) groups excluding carboxylic acids is 1. The van der Waals surface area contributed by atoms with Crippen molar-refractivity contribution in [2.75, 3.05) is 38.2 Å². The zero-order valence-corrected chi connectivity index (χ0v) is 19.0. The maximum Gasteiger partial charge on any atom is 0.432 e. The van der Waals surface area contributed by atoms with Crippen molar-refractivity contribution in [3.05, 3.63) is 45.7 Å². The fraction of sp³-hybridized carbons (Fsp3) is 0.476. The molecule has 0 radical (unpaired) electrons. The van der Waals surface area contributed by atoms with Crippen molar-refractivity contribution in [1.82, 2.24) is 9.47 Å². The van der Waals surface area contributed by atoms with Crippen LogP contribution in [-0.2, 0) is 17.5 Å². The number of hydrogen-bond acceptors (Lipinski definition) is 3. The number of alkyl halides is 3. The van der Waals surface area contributed by atoms with Gasteiger partial charge in [0.05, 0.1) is 17.2 Å². The van der Waals surface area contributed by atoms with Crippen molar-refractivity contribution in [2.45, 2.75) is 32.5 Å². The van der Waals surface area contributed by atoms with Gasteiger partial charge in [0.25, 0.3) is 0 Å². The predicted octanol–water partition coefficient (Wildman–Crippen LogP) is 5.29. The molecule has 1 aliphatic heterocycles. The third-order valence-electron chi connectivity index (χ3n) is 5.37. The lowest BCUT2D eigenvalue weighted by atomic mass is 10.1. The standard InChI is InChI=1S/C21H24Cl2F3N3O2/c1-13(2)15-11-29(20(19(15)23)21(24,25)26)12-18(30)28-8-6-27(7-9-28)14-4-5-16(22)17(10-14)31-3/h4-5,10-11,13H,6-9,12H2,1-3H3. The SMILES string of the molecule is COc1cc(N2CCN(C(=O)Cn3cc(C(C)C)c(Cl)c3C(F)(F)F)CC2)ccc1Cl. The van der Waals surface area contributed by atoms with Gasteiger partial charge in [-0.25, -0.2) is 0 Å². The number of ether oxygens (including phenoxy) is 1. The molecule has 0 unspecified atom stereocenters. The van der Waals surface area contributed by atoms with Crippen LogP contribution in [0.15, 0.2) is 24.4 Å². The third kappa shape index (κ3) is 5.06. The second kappa shape index (κ2) is 9.20. The largest absolute Gasteiger partial charge is 0.495 e. The van der Waals surface area contributed by atoms with Gasteiger partial charge in [0.1, 0.15) is 18.0 Å². The smallest absolute Gasteiger partial charge is 0.432 e. The van der Waals surface area contributed by atoms with Gasteiger partial charge in [-0.3, -0.25) is 4.79 Å². The second-order valence-corrected chi connectivity index (χ2v) is 8.50. The summed E-state index contributed by atoms with van der Waals surface area (Å²) in [6.45, 7) is 5.01. The highest BCUT2D eigenvalue weighted by Crippen LogP contribution is 2.40. The lowest BCUT2D eigenvalue weighted by Crippen LogP contribution is -2.49. The van der Waals surface area contributed by atoms with Gasteiger partial charge in [-0.2, -0.15) is 13.2 Å². The van der Waals surface area contributed by atoms with E-state index in [0.717, 1.165) is 10.3 Å². The number of rotatable bonds is 5. The molecule has 1 amide bonds. The fourth-order valence-corrected chi connectivity index (χ4v) is 4.35. The Morgan fingerprint density at radius 2 is 1.81 bits per heavy atom. The van der Waals surface area contributed by atoms with Crippen molar-refractivity contribution in [2.24, 2.45) is 0 Å². The van der Waals surface area contributed by atoms with Gasteiger partial charge in [0.2, 0.25) is 5.91 Å². The van der Waals surface area contributed by atoms with Gasteiger partial charge in [-0.15, -0.1) is 0 Å². The van der Waals surface area contributed by atoms with E-state index in [-0.39, 0.29) is 16.8 Å². The molecular weight excluding hydrogens is 454 g/mol. The molecule has 0 aliphatic carbocycles. The van der Waals surface area contributed by atoms with Crippen LogP contribution >= 0.6 is 23.2 Å². The van der Waals surface area contributed by atoms with Crippen molar-refractivity contribution in [1.29, 1.82) is 0 Å². The summed E-state index contributed by atoms with van der Waals surface area (Å²) in [7, 11) is 1.54. The Kier molecular flexibility index (Phi) is 7.01. The Balaban J connectivity index is 1.70. The van der Waals surface area contributed by atoms with Gasteiger partial charge >= 0.3 is 6.18 Å². The molecule has 2 aromatic rings. The number of methoxy groups -OCH3 is 1. The molecule has 10 heteroatoms. The average molecular weight is 478 g/mol. The first-order chi connectivity index (χ1) is 14.5. The number of anilines is 1. The van der Waals surface area contributed by atoms with Crippen molar-refractivity contribution in [3.8, 4) is 5.75 Å². The van der Waals surface area contributed by atoms with Crippen molar-refractivity contribution in [3.63, 3.8) is 0 Å². The van der Waals surface area contributed by atoms with Crippen LogP contribution in [0.1, 0.15) is 31.0 Å². The maximum absolute atomic E-state index is 13.6. The molecule has 0 spiro atoms. The average Bonchev–Trinajstić information content (AvgIpc) is 3.04. The highest BCUT2D eigenvalue weighted by molar-refractivity contribution is 6.32. The molecule has 5 nitrogen and oxygen atoms in total. The highest BCUT2D eigenvalue weighted by Gasteiger charge is 2.39. The minimum atomic E-state index is -4.64. The lowest BCUT2D eigenvalue weighted by Gasteiger charge is -2.36. The number of amides is 1. The van der Waals surface area contributed by atoms with Crippen LogP contribution < -0.4 is 9.64 Å². The number of halogens is 5. The van der Waals surface area contributed by atoms with Crippen LogP contribution in [0.25, 0.3) is 0 Å². The molecular formula is C21H24Cl2F3N3O2. The minimum Gasteiger partial charge on any atom is -0.495 e. The molecule has 170 valence electrons. The summed E-state index contributed by atoms with van der Waals surface area (Å²) in [6.07, 6.45) is -3.30. The summed E-state index contributed by atoms with van der Waals surface area (Å²) < 4.78 is 46.8. The topological polar surface area (TPSA) is 37.7 Å². The van der Waals surface area contributed by atoms with E-state index in [0.29, 0.717) is 42.5 Å². The normalized spacial score (nSPS) is 15.0. The first-order valence-electron chi connectivity index (χ1n) is 9.85. The first-order valence-corrected chi connectivity index (χ1v) is 10.6. The Bertz CT molecular complexity index is 952. The summed E-state index contributed by atoms with van der Waals surface area (Å²) in [5.41, 5.74) is 0.313. The Morgan fingerprint density at radius 3 is 2.35 bits per heavy atom. The zero-order valence-electron chi connectivity index (χ0n) is 17.5. The molecule has 1 fully saturated rings. The number of nitrogens with zero attached hydrogens (tertiary/aromatic N) is 3. The first kappa shape index (κ1) is 23.6. The van der Waals surface area contributed by atoms with Crippen LogP contribution in [0.5, 0.6) is 5.75 Å². The maximum atomic E-state index is 13.6. The highest BCUT2D eigenvalue weighted by atomic mass is 35.5. The number of hydrogen-bond donors (Lipinski definition) is 0. The Morgan fingerprint density at radius 1 is 1.16 bits per heavy atom. The summed E-state index contributed by atoms with van der Waals surface area (Å²) in [4.78, 5) is 16.4. The molecule has 3 rings (SSSR count). The zero-order chi connectivity index (χ0) is 22.9. The predicted molar refractivity (Wildman–Crippen MR) is 115 cm³/mol. The molecule has 0 bridgehead atoms. The summed E-state index contributed by atoms with van der Waals surface area (Å²) in [5.74, 6) is -0.00605. The van der Waals surface area contributed by atoms with Gasteiger partial charge in [-0.05, 0) is 23.6 Å². The van der Waals surface area contributed by atoms with E-state index in [1.165, 1.54) is 13.3 Å². The quantitative estimate of drug-likeness (QED) is 0.586. The molecule has 1 saturated heterocycles. The summed E-state index contributed by atoms with van der Waals surface area (Å²) in [6, 6.07) is 5.44. The molecule has 1 aromatic carbocycles. The van der Waals surface area contributed by atoms with Gasteiger partial charge in [-0.1, -0.05) is 37.0 Å². The van der Waals surface area contributed by atoms with Crippen LogP contribution in [-0.4, -0.2) is 48.7 Å². The van der Waals surface area contributed by atoms with E-state index >= 15 is 0 Å². The number of carbonyl (C=O) groups is 1. The lowest BCUT2D eigenvalue weighted by molar-refractivity contribution is -0.145. The van der Waals surface area contributed by atoms with Crippen LogP contribution in [0.2, 0.25) is 10.0 Å². The third-order valence-corrected chi connectivity index (χ3v) is 6.08. The summed E-state index contributed by atoms with van der Waals surface area (Å²) >= 11 is 12.1. The van der Waals surface area contributed by atoms with Gasteiger partial charge in [0.15, 0.2) is 0 Å². The van der Waals surface area contributed by atoms with E-state index in [9.17, 15) is 18.0 Å².